The van der Waals surface area contributed by atoms with E-state index in [1.165, 1.54) is 6.54 Å². The molecular weight excluding hydrogens is 362 g/mol. The second-order valence-corrected chi connectivity index (χ2v) is 8.00. The maximum absolute atomic E-state index is 12.5. The Balaban J connectivity index is 0.000000396. The molecular formula is C25H35NO3. The van der Waals surface area contributed by atoms with Gasteiger partial charge in [-0.15, -0.1) is 0 Å². The summed E-state index contributed by atoms with van der Waals surface area (Å²) < 4.78 is 0. The fraction of sp³-hybridized carbons (Fsp3) is 0.440. The summed E-state index contributed by atoms with van der Waals surface area (Å²) in [4.78, 5) is 24.9. The number of carboxylic acids is 1. The fourth-order valence-corrected chi connectivity index (χ4v) is 3.72. The zero-order valence-electron chi connectivity index (χ0n) is 18.6. The molecule has 0 spiro atoms. The molecule has 4 nitrogen and oxygen atoms in total. The number of hydrogen-bond acceptors (Lipinski definition) is 3. The number of benzene rings is 2. The highest BCUT2D eigenvalue weighted by Crippen LogP contribution is 2.24. The summed E-state index contributed by atoms with van der Waals surface area (Å²) in [5.74, 6) is -1.46. The van der Waals surface area contributed by atoms with E-state index >= 15 is 0 Å². The number of carbonyl (C=O) groups is 2. The Hall–Kier alpha value is -2.46. The Morgan fingerprint density at radius 1 is 0.862 bits per heavy atom. The van der Waals surface area contributed by atoms with Crippen LogP contribution in [0.5, 0.6) is 0 Å². The van der Waals surface area contributed by atoms with E-state index in [9.17, 15) is 14.7 Å². The fourth-order valence-electron chi connectivity index (χ4n) is 3.72. The molecule has 0 aliphatic heterocycles. The summed E-state index contributed by atoms with van der Waals surface area (Å²) in [6, 6.07) is 17.6. The van der Waals surface area contributed by atoms with Crippen molar-refractivity contribution in [2.24, 2.45) is 0 Å². The van der Waals surface area contributed by atoms with Crippen molar-refractivity contribution in [2.75, 3.05) is 6.54 Å². The van der Waals surface area contributed by atoms with Gasteiger partial charge in [-0.2, -0.15) is 0 Å². The second-order valence-electron chi connectivity index (χ2n) is 8.00. The van der Waals surface area contributed by atoms with Crippen LogP contribution in [0.15, 0.2) is 54.6 Å². The Kier molecular flexibility index (Phi) is 10.3. The second kappa shape index (κ2) is 12.2. The summed E-state index contributed by atoms with van der Waals surface area (Å²) in [6.07, 6.45) is -0.0981. The van der Waals surface area contributed by atoms with Gasteiger partial charge in [0, 0.05) is 17.1 Å². The van der Waals surface area contributed by atoms with Crippen molar-refractivity contribution in [2.45, 2.75) is 66.0 Å². The molecule has 0 aliphatic carbocycles. The Bertz CT molecular complexity index is 761. The number of carbonyl (C=O) groups excluding carboxylic acids is 2. The van der Waals surface area contributed by atoms with Crippen LogP contribution in [0.2, 0.25) is 0 Å². The van der Waals surface area contributed by atoms with E-state index in [0.29, 0.717) is 11.1 Å². The van der Waals surface area contributed by atoms with Crippen molar-refractivity contribution in [1.82, 2.24) is 0 Å². The van der Waals surface area contributed by atoms with Crippen LogP contribution >= 0.6 is 0 Å². The van der Waals surface area contributed by atoms with E-state index in [1.807, 2.05) is 12.1 Å². The molecule has 0 saturated carbocycles. The van der Waals surface area contributed by atoms with Crippen LogP contribution in [0, 0.1) is 0 Å². The summed E-state index contributed by atoms with van der Waals surface area (Å²) >= 11 is 0. The first kappa shape index (κ1) is 24.6. The highest BCUT2D eigenvalue weighted by atomic mass is 16.4. The number of nitrogens with one attached hydrogen (secondary N) is 1. The van der Waals surface area contributed by atoms with Gasteiger partial charge in [-0.3, -0.25) is 4.79 Å². The van der Waals surface area contributed by atoms with Crippen LogP contribution in [0.4, 0.5) is 0 Å². The third kappa shape index (κ3) is 7.82. The third-order valence-corrected chi connectivity index (χ3v) is 5.14. The monoisotopic (exact) mass is 397 g/mol. The lowest BCUT2D eigenvalue weighted by Crippen LogP contribution is -3.17. The van der Waals surface area contributed by atoms with E-state index in [0.717, 1.165) is 17.6 Å². The number of hydrogen-bond donors (Lipinski definition) is 1. The lowest BCUT2D eigenvalue weighted by Gasteiger charge is -2.25. The smallest absolute Gasteiger partial charge is 0.193 e. The van der Waals surface area contributed by atoms with Crippen LogP contribution in [-0.4, -0.2) is 30.4 Å². The predicted octanol–water partition coefficient (Wildman–Crippen LogP) is 2.87. The quantitative estimate of drug-likeness (QED) is 0.697. The molecule has 2 rings (SSSR count). The predicted molar refractivity (Wildman–Crippen MR) is 116 cm³/mol. The van der Waals surface area contributed by atoms with Crippen molar-refractivity contribution < 1.29 is 19.6 Å². The standard InChI is InChI=1S/C17H16O3.C8H19N/c1-12(11-16(18)19)14-9-5-6-10-15(14)17(20)13-7-3-2-4-8-13;1-6-9(7(2)3)8(4)5/h2-10,12H,11H2,1H3,(H,18,19);7-8H,6H2,1-5H3. The molecule has 0 amide bonds. The van der Waals surface area contributed by atoms with Gasteiger partial charge < -0.3 is 14.8 Å². The molecule has 29 heavy (non-hydrogen) atoms. The first-order valence-corrected chi connectivity index (χ1v) is 10.4. The zero-order chi connectivity index (χ0) is 22.0. The van der Waals surface area contributed by atoms with Gasteiger partial charge in [0.2, 0.25) is 0 Å². The first-order valence-electron chi connectivity index (χ1n) is 10.4. The normalized spacial score (nSPS) is 11.9. The highest BCUT2D eigenvalue weighted by Gasteiger charge is 2.17. The summed E-state index contributed by atoms with van der Waals surface area (Å²) in [6.45, 7) is 14.4. The van der Waals surface area contributed by atoms with Gasteiger partial charge in [0.15, 0.2) is 5.78 Å². The maximum atomic E-state index is 12.5. The van der Waals surface area contributed by atoms with Gasteiger partial charge in [0.25, 0.3) is 0 Å². The number of rotatable bonds is 8. The van der Waals surface area contributed by atoms with Gasteiger partial charge in [-0.05, 0) is 52.5 Å². The molecule has 0 aromatic heterocycles. The maximum Gasteiger partial charge on any atom is 0.193 e. The lowest BCUT2D eigenvalue weighted by atomic mass is 9.89. The number of carboxylic acid groups (broad SMARTS) is 1. The number of aliphatic carboxylic acids is 1. The van der Waals surface area contributed by atoms with Gasteiger partial charge in [-0.25, -0.2) is 0 Å². The van der Waals surface area contributed by atoms with Gasteiger partial charge >= 0.3 is 0 Å². The van der Waals surface area contributed by atoms with Crippen LogP contribution in [0.25, 0.3) is 0 Å². The third-order valence-electron chi connectivity index (χ3n) is 5.14. The average Bonchev–Trinajstić information content (AvgIpc) is 2.68. The lowest BCUT2D eigenvalue weighted by molar-refractivity contribution is -0.940. The molecule has 0 radical (unpaired) electrons. The van der Waals surface area contributed by atoms with Gasteiger partial charge in [0.1, 0.15) is 0 Å². The molecule has 158 valence electrons. The summed E-state index contributed by atoms with van der Waals surface area (Å²) in [5, 5.41) is 10.7. The minimum atomic E-state index is -1.11. The van der Waals surface area contributed by atoms with E-state index in [1.54, 1.807) is 54.3 Å². The molecule has 4 heteroatoms. The molecule has 1 atom stereocenters. The Labute approximate surface area is 175 Å². The van der Waals surface area contributed by atoms with Crippen LogP contribution in [0.3, 0.4) is 0 Å². The average molecular weight is 398 g/mol. The molecule has 0 heterocycles. The molecule has 0 aliphatic rings. The molecule has 2 aromatic rings. The SMILES string of the molecule is CC(CC(=O)[O-])c1ccccc1C(=O)c1ccccc1.CC[NH+](C(C)C)C(C)C. The minimum Gasteiger partial charge on any atom is -0.550 e. The number of quaternary nitrogens is 1. The highest BCUT2D eigenvalue weighted by molar-refractivity contribution is 6.10. The minimum absolute atomic E-state index is 0.0913. The van der Waals surface area contributed by atoms with Crippen LogP contribution in [-0.2, 0) is 4.79 Å². The van der Waals surface area contributed by atoms with E-state index in [2.05, 4.69) is 34.6 Å². The van der Waals surface area contributed by atoms with Crippen LogP contribution < -0.4 is 10.0 Å². The molecule has 0 bridgehead atoms. The van der Waals surface area contributed by atoms with Gasteiger partial charge in [0.05, 0.1) is 18.6 Å². The topological polar surface area (TPSA) is 61.6 Å². The summed E-state index contributed by atoms with van der Waals surface area (Å²) in [5.41, 5.74) is 1.89. The molecule has 1 N–H and O–H groups in total. The van der Waals surface area contributed by atoms with Gasteiger partial charge in [-0.1, -0.05) is 61.5 Å². The largest absolute Gasteiger partial charge is 0.550 e. The molecule has 0 saturated heterocycles. The van der Waals surface area contributed by atoms with E-state index in [-0.39, 0.29) is 18.1 Å². The van der Waals surface area contributed by atoms with Crippen molar-refractivity contribution in [3.05, 3.63) is 71.3 Å². The van der Waals surface area contributed by atoms with Crippen LogP contribution in [0.1, 0.15) is 75.4 Å². The zero-order valence-corrected chi connectivity index (χ0v) is 18.6. The van der Waals surface area contributed by atoms with Crippen molar-refractivity contribution >= 4 is 11.8 Å². The number of ketones is 1. The van der Waals surface area contributed by atoms with E-state index in [4.69, 9.17) is 0 Å². The van der Waals surface area contributed by atoms with Crippen molar-refractivity contribution in [3.63, 3.8) is 0 Å². The summed E-state index contributed by atoms with van der Waals surface area (Å²) in [7, 11) is 0. The Morgan fingerprint density at radius 3 is 1.83 bits per heavy atom. The molecule has 2 aromatic carbocycles. The van der Waals surface area contributed by atoms with Crippen molar-refractivity contribution in [1.29, 1.82) is 0 Å². The Morgan fingerprint density at radius 2 is 1.38 bits per heavy atom. The first-order chi connectivity index (χ1) is 13.7. The molecule has 0 fully saturated rings. The van der Waals surface area contributed by atoms with Crippen molar-refractivity contribution in [3.8, 4) is 0 Å². The molecule has 1 unspecified atom stereocenters. The van der Waals surface area contributed by atoms with E-state index < -0.39 is 5.97 Å².